The Hall–Kier alpha value is -3.13. The first-order valence-corrected chi connectivity index (χ1v) is 9.38. The van der Waals surface area contributed by atoms with Crippen LogP contribution in [-0.2, 0) is 14.8 Å². The second-order valence-corrected chi connectivity index (χ2v) is 7.06. The molecular weight excluding hydrogens is 354 g/mol. The van der Waals surface area contributed by atoms with Gasteiger partial charge >= 0.3 is 5.97 Å². The average Bonchev–Trinajstić information content (AvgIpc) is 3.10. The minimum atomic E-state index is -3.88. The van der Waals surface area contributed by atoms with Crippen LogP contribution >= 0.6 is 0 Å². The monoisotopic (exact) mass is 371 g/mol. The van der Waals surface area contributed by atoms with Crippen molar-refractivity contribution >= 4 is 21.8 Å². The lowest BCUT2D eigenvalue weighted by Gasteiger charge is -2.09. The van der Waals surface area contributed by atoms with Crippen LogP contribution in [0.4, 0.5) is 5.82 Å². The molecule has 0 spiro atoms. The molecule has 3 aromatic rings. The van der Waals surface area contributed by atoms with Crippen LogP contribution in [0.1, 0.15) is 17.3 Å². The number of aromatic amines is 1. The van der Waals surface area contributed by atoms with Crippen LogP contribution in [0, 0.1) is 0 Å². The van der Waals surface area contributed by atoms with Gasteiger partial charge in [-0.05, 0) is 30.2 Å². The number of anilines is 1. The van der Waals surface area contributed by atoms with Crippen LogP contribution < -0.4 is 4.72 Å². The molecule has 3 rings (SSSR count). The normalized spacial score (nSPS) is 11.1. The van der Waals surface area contributed by atoms with Gasteiger partial charge in [-0.1, -0.05) is 42.5 Å². The van der Waals surface area contributed by atoms with Gasteiger partial charge in [0.05, 0.1) is 17.7 Å². The molecule has 0 aliphatic carbocycles. The van der Waals surface area contributed by atoms with Gasteiger partial charge in [-0.3, -0.25) is 9.82 Å². The molecule has 8 heteroatoms. The van der Waals surface area contributed by atoms with Crippen molar-refractivity contribution in [2.45, 2.75) is 11.8 Å². The Morgan fingerprint density at radius 2 is 1.73 bits per heavy atom. The Morgan fingerprint density at radius 3 is 2.38 bits per heavy atom. The molecule has 0 bridgehead atoms. The zero-order valence-electron chi connectivity index (χ0n) is 14.0. The molecular formula is C18H17N3O4S. The number of sulfonamides is 1. The standard InChI is InChI=1S/C18H17N3O4S/c1-2-25-18(22)16-12-19-20-17(16)21-26(23,24)15-10-8-14(9-11-15)13-6-4-3-5-7-13/h3-12H,2H2,1H3,(H2,19,20,21). The Bertz CT molecular complexity index is 996. The first-order chi connectivity index (χ1) is 12.5. The maximum Gasteiger partial charge on any atom is 0.343 e. The van der Waals surface area contributed by atoms with Crippen LogP contribution in [0.5, 0.6) is 0 Å². The van der Waals surface area contributed by atoms with E-state index in [9.17, 15) is 13.2 Å². The zero-order valence-corrected chi connectivity index (χ0v) is 14.8. The van der Waals surface area contributed by atoms with Gasteiger partial charge in [0.25, 0.3) is 10.0 Å². The number of aromatic nitrogens is 2. The summed E-state index contributed by atoms with van der Waals surface area (Å²) in [7, 11) is -3.88. The molecule has 134 valence electrons. The van der Waals surface area contributed by atoms with Crippen molar-refractivity contribution in [3.8, 4) is 11.1 Å². The summed E-state index contributed by atoms with van der Waals surface area (Å²) >= 11 is 0. The Morgan fingerprint density at radius 1 is 1.08 bits per heavy atom. The van der Waals surface area contributed by atoms with Crippen molar-refractivity contribution in [2.75, 3.05) is 11.3 Å². The lowest BCUT2D eigenvalue weighted by molar-refractivity contribution is 0.0527. The number of hydrogen-bond acceptors (Lipinski definition) is 5. The van der Waals surface area contributed by atoms with Gasteiger partial charge in [-0.15, -0.1) is 0 Å². The molecule has 2 aromatic carbocycles. The fraction of sp³-hybridized carbons (Fsp3) is 0.111. The number of hydrogen-bond donors (Lipinski definition) is 2. The van der Waals surface area contributed by atoms with Crippen molar-refractivity contribution in [3.05, 3.63) is 66.4 Å². The van der Waals surface area contributed by atoms with Crippen LogP contribution in [0.25, 0.3) is 11.1 Å². The second kappa shape index (κ2) is 7.40. The predicted octanol–water partition coefficient (Wildman–Crippen LogP) is 3.05. The molecule has 0 amide bonds. The second-order valence-electron chi connectivity index (χ2n) is 5.38. The smallest absolute Gasteiger partial charge is 0.343 e. The molecule has 2 N–H and O–H groups in total. The molecule has 0 aliphatic rings. The number of nitrogens with zero attached hydrogens (tertiary/aromatic N) is 1. The number of rotatable bonds is 6. The SMILES string of the molecule is CCOC(=O)c1cn[nH]c1NS(=O)(=O)c1ccc(-c2ccccc2)cc1. The van der Waals surface area contributed by atoms with E-state index in [2.05, 4.69) is 14.9 Å². The molecule has 0 atom stereocenters. The summed E-state index contributed by atoms with van der Waals surface area (Å²) in [6, 6.07) is 16.1. The molecule has 0 fully saturated rings. The van der Waals surface area contributed by atoms with Gasteiger partial charge in [0.15, 0.2) is 0 Å². The van der Waals surface area contributed by atoms with E-state index in [0.29, 0.717) is 0 Å². The van der Waals surface area contributed by atoms with E-state index >= 15 is 0 Å². The fourth-order valence-corrected chi connectivity index (χ4v) is 3.41. The number of ether oxygens (including phenoxy) is 1. The maximum atomic E-state index is 12.6. The van der Waals surface area contributed by atoms with Crippen molar-refractivity contribution in [3.63, 3.8) is 0 Å². The topological polar surface area (TPSA) is 101 Å². The van der Waals surface area contributed by atoms with E-state index in [1.165, 1.54) is 18.3 Å². The Labute approximate surface area is 151 Å². The first-order valence-electron chi connectivity index (χ1n) is 7.90. The van der Waals surface area contributed by atoms with E-state index in [0.717, 1.165) is 11.1 Å². The van der Waals surface area contributed by atoms with Gasteiger partial charge in [0.1, 0.15) is 11.4 Å². The highest BCUT2D eigenvalue weighted by Crippen LogP contribution is 2.23. The Kier molecular flexibility index (Phi) is 5.04. The minimum absolute atomic E-state index is 0.0244. The molecule has 7 nitrogen and oxygen atoms in total. The fourth-order valence-electron chi connectivity index (χ4n) is 2.38. The van der Waals surface area contributed by atoms with Gasteiger partial charge in [0, 0.05) is 0 Å². The van der Waals surface area contributed by atoms with Crippen LogP contribution in [0.3, 0.4) is 0 Å². The van der Waals surface area contributed by atoms with Crippen LogP contribution in [0.15, 0.2) is 65.7 Å². The number of nitrogens with one attached hydrogen (secondary N) is 2. The van der Waals surface area contributed by atoms with E-state index in [4.69, 9.17) is 4.74 Å². The van der Waals surface area contributed by atoms with E-state index in [1.807, 2.05) is 30.3 Å². The molecule has 26 heavy (non-hydrogen) atoms. The molecule has 0 saturated carbocycles. The van der Waals surface area contributed by atoms with E-state index < -0.39 is 16.0 Å². The summed E-state index contributed by atoms with van der Waals surface area (Å²) in [5, 5.41) is 6.17. The van der Waals surface area contributed by atoms with Gasteiger partial charge in [-0.25, -0.2) is 13.2 Å². The quantitative estimate of drug-likeness (QED) is 0.649. The largest absolute Gasteiger partial charge is 0.462 e. The molecule has 1 heterocycles. The average molecular weight is 371 g/mol. The highest BCUT2D eigenvalue weighted by molar-refractivity contribution is 7.92. The third-order valence-electron chi connectivity index (χ3n) is 3.64. The van der Waals surface area contributed by atoms with E-state index in [-0.39, 0.29) is 22.9 Å². The molecule has 1 aromatic heterocycles. The summed E-state index contributed by atoms with van der Waals surface area (Å²) in [5.41, 5.74) is 1.91. The predicted molar refractivity (Wildman–Crippen MR) is 97.2 cm³/mol. The number of benzene rings is 2. The van der Waals surface area contributed by atoms with E-state index in [1.54, 1.807) is 19.1 Å². The van der Waals surface area contributed by atoms with Crippen molar-refractivity contribution in [1.29, 1.82) is 0 Å². The molecule has 0 saturated heterocycles. The van der Waals surface area contributed by atoms with Crippen molar-refractivity contribution in [1.82, 2.24) is 10.2 Å². The third-order valence-corrected chi connectivity index (χ3v) is 5.01. The highest BCUT2D eigenvalue weighted by atomic mass is 32.2. The number of carbonyl (C=O) groups is 1. The lowest BCUT2D eigenvalue weighted by atomic mass is 10.1. The number of carbonyl (C=O) groups excluding carboxylic acids is 1. The van der Waals surface area contributed by atoms with Crippen LogP contribution in [0.2, 0.25) is 0 Å². The minimum Gasteiger partial charge on any atom is -0.462 e. The lowest BCUT2D eigenvalue weighted by Crippen LogP contribution is -2.16. The third kappa shape index (κ3) is 3.75. The van der Waals surface area contributed by atoms with Crippen molar-refractivity contribution < 1.29 is 17.9 Å². The summed E-state index contributed by atoms with van der Waals surface area (Å²) in [4.78, 5) is 11.9. The number of H-pyrrole nitrogens is 1. The summed E-state index contributed by atoms with van der Waals surface area (Å²) < 4.78 is 32.4. The summed E-state index contributed by atoms with van der Waals surface area (Å²) in [6.07, 6.45) is 1.22. The number of esters is 1. The van der Waals surface area contributed by atoms with Crippen molar-refractivity contribution in [2.24, 2.45) is 0 Å². The van der Waals surface area contributed by atoms with Gasteiger partial charge in [-0.2, -0.15) is 5.10 Å². The maximum absolute atomic E-state index is 12.6. The first kappa shape index (κ1) is 17.7. The van der Waals surface area contributed by atoms with Crippen LogP contribution in [-0.4, -0.2) is 31.2 Å². The zero-order chi connectivity index (χ0) is 18.6. The summed E-state index contributed by atoms with van der Waals surface area (Å²) in [6.45, 7) is 1.84. The Balaban J connectivity index is 1.83. The van der Waals surface area contributed by atoms with Gasteiger partial charge in [0.2, 0.25) is 0 Å². The molecule has 0 unspecified atom stereocenters. The highest BCUT2D eigenvalue weighted by Gasteiger charge is 2.21. The van der Waals surface area contributed by atoms with Gasteiger partial charge < -0.3 is 4.74 Å². The molecule has 0 aliphatic heterocycles. The molecule has 0 radical (unpaired) electrons. The summed E-state index contributed by atoms with van der Waals surface area (Å²) in [5.74, 6) is -0.686.